The number of guanidine groups is 1. The number of hydrogen-bond donors (Lipinski definition) is 2. The quantitative estimate of drug-likeness (QED) is 0.652. The van der Waals surface area contributed by atoms with E-state index in [1.54, 1.807) is 19.2 Å². The molecule has 0 aliphatic carbocycles. The molecule has 0 saturated carbocycles. The average molecular weight is 360 g/mol. The van der Waals surface area contributed by atoms with Crippen LogP contribution in [0.3, 0.4) is 0 Å². The van der Waals surface area contributed by atoms with E-state index in [-0.39, 0.29) is 12.1 Å². The zero-order valence-corrected chi connectivity index (χ0v) is 13.9. The number of nitrogens with one attached hydrogen (secondary N) is 2. The van der Waals surface area contributed by atoms with Crippen LogP contribution in [0.1, 0.15) is 16.8 Å². The largest absolute Gasteiger partial charge is 0.435 e. The summed E-state index contributed by atoms with van der Waals surface area (Å²) in [5.74, 6) is 0.391. The third-order valence-corrected chi connectivity index (χ3v) is 3.47. The summed E-state index contributed by atoms with van der Waals surface area (Å²) in [6.45, 7) is 0.430. The molecule has 24 heavy (non-hydrogen) atoms. The second-order valence-electron chi connectivity index (χ2n) is 5.08. The molecule has 2 N–H and O–H groups in total. The Kier molecular flexibility index (Phi) is 5.71. The topological polar surface area (TPSA) is 54.2 Å². The van der Waals surface area contributed by atoms with Crippen molar-refractivity contribution >= 4 is 17.6 Å². The van der Waals surface area contributed by atoms with Crippen LogP contribution in [0.25, 0.3) is 0 Å². The number of halogens is 4. The average Bonchev–Trinajstić information content (AvgIpc) is 2.90. The molecule has 130 valence electrons. The Bertz CT molecular complexity index is 707. The van der Waals surface area contributed by atoms with Crippen molar-refractivity contribution in [3.05, 3.63) is 52.3 Å². The Morgan fingerprint density at radius 1 is 1.21 bits per heavy atom. The van der Waals surface area contributed by atoms with E-state index in [1.165, 1.54) is 13.2 Å². The molecule has 0 unspecified atom stereocenters. The second kappa shape index (κ2) is 7.57. The molecular weight excluding hydrogens is 343 g/mol. The summed E-state index contributed by atoms with van der Waals surface area (Å²) < 4.78 is 39.9. The zero-order valence-electron chi connectivity index (χ0n) is 13.2. The van der Waals surface area contributed by atoms with Crippen molar-refractivity contribution in [1.82, 2.24) is 20.4 Å². The minimum Gasteiger partial charge on any atom is -0.352 e. The molecule has 9 heteroatoms. The lowest BCUT2D eigenvalue weighted by molar-refractivity contribution is -0.142. The molecule has 1 aromatic carbocycles. The van der Waals surface area contributed by atoms with Gasteiger partial charge in [0.1, 0.15) is 0 Å². The lowest BCUT2D eigenvalue weighted by Crippen LogP contribution is -2.36. The van der Waals surface area contributed by atoms with Crippen LogP contribution >= 0.6 is 11.6 Å². The van der Waals surface area contributed by atoms with Gasteiger partial charge in [-0.15, -0.1) is 0 Å². The number of aromatic nitrogens is 2. The van der Waals surface area contributed by atoms with E-state index in [2.05, 4.69) is 20.7 Å². The molecule has 0 bridgehead atoms. The first-order valence-electron chi connectivity index (χ1n) is 7.08. The molecule has 0 aliphatic rings. The summed E-state index contributed by atoms with van der Waals surface area (Å²) in [5.41, 5.74) is 0.129. The number of aliphatic imine (C=N–C) groups is 1. The lowest BCUT2D eigenvalue weighted by atomic mass is 10.2. The van der Waals surface area contributed by atoms with Crippen LogP contribution in [-0.4, -0.2) is 22.8 Å². The van der Waals surface area contributed by atoms with Crippen molar-refractivity contribution in [3.8, 4) is 0 Å². The highest BCUT2D eigenvalue weighted by atomic mass is 35.5. The lowest BCUT2D eigenvalue weighted by Gasteiger charge is -2.12. The van der Waals surface area contributed by atoms with Crippen molar-refractivity contribution in [1.29, 1.82) is 0 Å². The van der Waals surface area contributed by atoms with E-state index in [9.17, 15) is 13.2 Å². The van der Waals surface area contributed by atoms with E-state index in [4.69, 9.17) is 11.6 Å². The fourth-order valence-electron chi connectivity index (χ4n) is 2.09. The molecule has 1 aromatic heterocycles. The highest BCUT2D eigenvalue weighted by Crippen LogP contribution is 2.30. The van der Waals surface area contributed by atoms with E-state index in [0.717, 1.165) is 10.2 Å². The van der Waals surface area contributed by atoms with Gasteiger partial charge in [0.05, 0.1) is 0 Å². The predicted octanol–water partition coefficient (Wildman–Crippen LogP) is 2.96. The first-order valence-corrected chi connectivity index (χ1v) is 7.46. The van der Waals surface area contributed by atoms with Gasteiger partial charge in [0, 0.05) is 44.0 Å². The van der Waals surface area contributed by atoms with Crippen LogP contribution in [0.4, 0.5) is 13.2 Å². The molecule has 0 fully saturated rings. The summed E-state index contributed by atoms with van der Waals surface area (Å²) in [5, 5.41) is 9.98. The van der Waals surface area contributed by atoms with Gasteiger partial charge in [-0.05, 0) is 17.7 Å². The standard InChI is InChI=1S/C15H17ClF3N5/c1-20-14(21-7-10-3-5-12(16)6-4-10)22-8-11-9-24(2)23-13(11)15(17,18)19/h3-6,9H,7-8H2,1-2H3,(H2,20,21,22). The van der Waals surface area contributed by atoms with Gasteiger partial charge in [-0.2, -0.15) is 18.3 Å². The van der Waals surface area contributed by atoms with Gasteiger partial charge in [-0.25, -0.2) is 0 Å². The number of nitrogens with zero attached hydrogens (tertiary/aromatic N) is 3. The third-order valence-electron chi connectivity index (χ3n) is 3.22. The highest BCUT2D eigenvalue weighted by molar-refractivity contribution is 6.30. The van der Waals surface area contributed by atoms with Crippen molar-refractivity contribution in [2.75, 3.05) is 7.05 Å². The van der Waals surface area contributed by atoms with Gasteiger partial charge in [0.25, 0.3) is 0 Å². The number of aryl methyl sites for hydroxylation is 1. The van der Waals surface area contributed by atoms with E-state index in [1.807, 2.05) is 12.1 Å². The van der Waals surface area contributed by atoms with E-state index >= 15 is 0 Å². The van der Waals surface area contributed by atoms with Crippen LogP contribution in [0.15, 0.2) is 35.5 Å². The molecule has 5 nitrogen and oxygen atoms in total. The Labute approximate surface area is 142 Å². The van der Waals surface area contributed by atoms with Gasteiger partial charge in [0.2, 0.25) is 0 Å². The van der Waals surface area contributed by atoms with Crippen LogP contribution in [-0.2, 0) is 26.3 Å². The molecule has 2 aromatic rings. The maximum absolute atomic E-state index is 12.9. The number of benzene rings is 1. The summed E-state index contributed by atoms with van der Waals surface area (Å²) in [7, 11) is 3.00. The molecule has 0 amide bonds. The molecule has 2 rings (SSSR count). The summed E-state index contributed by atoms with van der Waals surface area (Å²) in [6.07, 6.45) is -3.15. The van der Waals surface area contributed by atoms with E-state index < -0.39 is 11.9 Å². The van der Waals surface area contributed by atoms with Crippen LogP contribution in [0.5, 0.6) is 0 Å². The maximum Gasteiger partial charge on any atom is 0.435 e. The van der Waals surface area contributed by atoms with Crippen molar-refractivity contribution in [2.45, 2.75) is 19.3 Å². The first-order chi connectivity index (χ1) is 11.3. The smallest absolute Gasteiger partial charge is 0.352 e. The minimum atomic E-state index is -4.49. The molecule has 0 spiro atoms. The molecular formula is C15H17ClF3N5. The summed E-state index contributed by atoms with van der Waals surface area (Å²) in [6, 6.07) is 7.23. The SMILES string of the molecule is CN=C(NCc1ccc(Cl)cc1)NCc1cn(C)nc1C(F)(F)F. The van der Waals surface area contributed by atoms with Gasteiger partial charge in [0.15, 0.2) is 11.7 Å². The fraction of sp³-hybridized carbons (Fsp3) is 0.333. The van der Waals surface area contributed by atoms with E-state index in [0.29, 0.717) is 17.5 Å². The Balaban J connectivity index is 1.96. The Morgan fingerprint density at radius 2 is 1.83 bits per heavy atom. The first kappa shape index (κ1) is 18.1. The normalized spacial score (nSPS) is 12.3. The maximum atomic E-state index is 12.9. The molecule has 0 atom stereocenters. The van der Waals surface area contributed by atoms with Crippen LogP contribution < -0.4 is 10.6 Å². The monoisotopic (exact) mass is 359 g/mol. The summed E-state index contributed by atoms with van der Waals surface area (Å²) >= 11 is 5.82. The van der Waals surface area contributed by atoms with Gasteiger partial charge < -0.3 is 10.6 Å². The Morgan fingerprint density at radius 3 is 2.42 bits per heavy atom. The molecule has 0 saturated heterocycles. The number of alkyl halides is 3. The predicted molar refractivity (Wildman–Crippen MR) is 86.7 cm³/mol. The van der Waals surface area contributed by atoms with Crippen molar-refractivity contribution in [3.63, 3.8) is 0 Å². The third kappa shape index (κ3) is 4.89. The molecule has 0 radical (unpaired) electrons. The molecule has 1 heterocycles. The highest BCUT2D eigenvalue weighted by Gasteiger charge is 2.36. The van der Waals surface area contributed by atoms with Crippen molar-refractivity contribution < 1.29 is 13.2 Å². The number of hydrogen-bond acceptors (Lipinski definition) is 2. The van der Waals surface area contributed by atoms with Crippen LogP contribution in [0, 0.1) is 0 Å². The second-order valence-corrected chi connectivity index (χ2v) is 5.52. The minimum absolute atomic E-state index is 0.0387. The molecule has 0 aliphatic heterocycles. The number of rotatable bonds is 4. The van der Waals surface area contributed by atoms with Gasteiger partial charge in [-0.1, -0.05) is 23.7 Å². The summed E-state index contributed by atoms with van der Waals surface area (Å²) in [4.78, 5) is 3.99. The fourth-order valence-corrected chi connectivity index (χ4v) is 2.22. The Hall–Kier alpha value is -2.22. The van der Waals surface area contributed by atoms with Crippen LogP contribution in [0.2, 0.25) is 5.02 Å². The van der Waals surface area contributed by atoms with Gasteiger partial charge in [-0.3, -0.25) is 9.67 Å². The van der Waals surface area contributed by atoms with Gasteiger partial charge >= 0.3 is 6.18 Å². The zero-order chi connectivity index (χ0) is 17.7. The van der Waals surface area contributed by atoms with Crippen molar-refractivity contribution in [2.24, 2.45) is 12.0 Å².